The first kappa shape index (κ1) is 16.5. The Morgan fingerprint density at radius 2 is 1.81 bits per heavy atom. The highest BCUT2D eigenvalue weighted by Gasteiger charge is 2.49. The number of aryl methyl sites for hydroxylation is 2. The van der Waals surface area contributed by atoms with Crippen LogP contribution in [-0.4, -0.2) is 29.2 Å². The molecule has 0 unspecified atom stereocenters. The van der Waals surface area contributed by atoms with Crippen molar-refractivity contribution in [3.05, 3.63) is 70.8 Å². The molecular weight excluding hydrogens is 328 g/mol. The van der Waals surface area contributed by atoms with Crippen LogP contribution in [-0.2, 0) is 23.2 Å². The van der Waals surface area contributed by atoms with Crippen molar-refractivity contribution in [2.24, 2.45) is 0 Å². The summed E-state index contributed by atoms with van der Waals surface area (Å²) in [5.74, 6) is -0.622. The minimum atomic E-state index is -1.14. The molecule has 5 nitrogen and oxygen atoms in total. The minimum absolute atomic E-state index is 0.222. The molecule has 2 aromatic rings. The van der Waals surface area contributed by atoms with E-state index < -0.39 is 17.5 Å². The van der Waals surface area contributed by atoms with Crippen LogP contribution in [0.15, 0.2) is 48.5 Å². The number of fused-ring (bicyclic) bond motifs is 1. The Morgan fingerprint density at radius 3 is 2.58 bits per heavy atom. The monoisotopic (exact) mass is 348 g/mol. The van der Waals surface area contributed by atoms with E-state index >= 15 is 0 Å². The van der Waals surface area contributed by atoms with Gasteiger partial charge in [0.15, 0.2) is 5.78 Å². The van der Waals surface area contributed by atoms with Crippen LogP contribution in [0.5, 0.6) is 0 Å². The lowest BCUT2D eigenvalue weighted by Crippen LogP contribution is -2.41. The zero-order valence-corrected chi connectivity index (χ0v) is 14.6. The summed E-state index contributed by atoms with van der Waals surface area (Å²) in [5.41, 5.74) is 2.59. The number of Topliss-reactive ketones (excluding diaryl/α,β-unsaturated/α-hetero) is 1. The normalized spacial score (nSPS) is 21.7. The molecule has 1 fully saturated rings. The van der Waals surface area contributed by atoms with Crippen molar-refractivity contribution >= 4 is 17.7 Å². The second-order valence-corrected chi connectivity index (χ2v) is 7.07. The van der Waals surface area contributed by atoms with Gasteiger partial charge in [0.25, 0.3) is 5.91 Å². The Balaban J connectivity index is 1.56. The molecule has 1 atom stereocenters. The predicted molar refractivity (Wildman–Crippen MR) is 96.8 cm³/mol. The van der Waals surface area contributed by atoms with Gasteiger partial charge in [-0.25, -0.2) is 4.79 Å². The zero-order valence-electron chi connectivity index (χ0n) is 14.6. The first-order valence-corrected chi connectivity index (χ1v) is 8.84. The lowest BCUT2D eigenvalue weighted by atomic mass is 9.92. The van der Waals surface area contributed by atoms with Crippen LogP contribution in [0, 0.1) is 0 Å². The van der Waals surface area contributed by atoms with E-state index in [-0.39, 0.29) is 12.3 Å². The van der Waals surface area contributed by atoms with Gasteiger partial charge >= 0.3 is 6.03 Å². The number of hydrogen-bond donors (Lipinski definition) is 1. The summed E-state index contributed by atoms with van der Waals surface area (Å²) in [6.07, 6.45) is 3.13. The van der Waals surface area contributed by atoms with Gasteiger partial charge in [-0.15, -0.1) is 0 Å². The number of urea groups is 1. The molecule has 5 heteroatoms. The molecular formula is C21H20N2O3. The third kappa shape index (κ3) is 2.60. The molecule has 26 heavy (non-hydrogen) atoms. The van der Waals surface area contributed by atoms with E-state index in [1.165, 1.54) is 11.1 Å². The van der Waals surface area contributed by atoms with Crippen LogP contribution >= 0.6 is 0 Å². The number of benzene rings is 2. The second-order valence-electron chi connectivity index (χ2n) is 7.07. The standard InChI is InChI=1S/C21H20N2O3/c1-21(17-8-3-2-4-9-17)19(25)23(20(26)22-21)13-18(24)16-11-10-14-6-5-7-15(14)12-16/h2-4,8-12H,5-7,13H2,1H3,(H,22,26)/t21-/m1/s1. The first-order chi connectivity index (χ1) is 12.5. The van der Waals surface area contributed by atoms with E-state index in [1.54, 1.807) is 25.1 Å². The smallest absolute Gasteiger partial charge is 0.319 e. The van der Waals surface area contributed by atoms with Gasteiger partial charge in [-0.05, 0) is 48.9 Å². The fourth-order valence-electron chi connectivity index (χ4n) is 3.79. The number of ketones is 1. The molecule has 2 aromatic carbocycles. The molecule has 1 aliphatic heterocycles. The summed E-state index contributed by atoms with van der Waals surface area (Å²) in [7, 11) is 0. The van der Waals surface area contributed by atoms with E-state index in [4.69, 9.17) is 0 Å². The van der Waals surface area contributed by atoms with Crippen LogP contribution in [0.1, 0.15) is 40.4 Å². The van der Waals surface area contributed by atoms with Crippen LogP contribution in [0.4, 0.5) is 4.79 Å². The Kier molecular flexibility index (Phi) is 3.87. The van der Waals surface area contributed by atoms with E-state index in [0.717, 1.165) is 24.2 Å². The Bertz CT molecular complexity index is 907. The molecule has 0 saturated carbocycles. The number of hydrogen-bond acceptors (Lipinski definition) is 3. The van der Waals surface area contributed by atoms with Gasteiger partial charge in [0.2, 0.25) is 0 Å². The Hall–Kier alpha value is -2.95. The largest absolute Gasteiger partial charge is 0.325 e. The van der Waals surface area contributed by atoms with E-state index in [2.05, 4.69) is 5.32 Å². The van der Waals surface area contributed by atoms with Crippen molar-refractivity contribution in [3.8, 4) is 0 Å². The van der Waals surface area contributed by atoms with Crippen molar-refractivity contribution in [1.82, 2.24) is 10.2 Å². The molecule has 4 rings (SSSR count). The molecule has 2 aliphatic rings. The topological polar surface area (TPSA) is 66.5 Å². The minimum Gasteiger partial charge on any atom is -0.319 e. The zero-order chi connectivity index (χ0) is 18.3. The third-order valence-electron chi connectivity index (χ3n) is 5.35. The summed E-state index contributed by atoms with van der Waals surface area (Å²) in [6, 6.07) is 14.2. The number of carbonyl (C=O) groups is 3. The van der Waals surface area contributed by atoms with Crippen molar-refractivity contribution in [2.45, 2.75) is 31.7 Å². The summed E-state index contributed by atoms with van der Waals surface area (Å²) < 4.78 is 0. The molecule has 0 spiro atoms. The highest BCUT2D eigenvalue weighted by molar-refractivity contribution is 6.11. The maximum Gasteiger partial charge on any atom is 0.325 e. The third-order valence-corrected chi connectivity index (χ3v) is 5.35. The molecule has 1 saturated heterocycles. The summed E-state index contributed by atoms with van der Waals surface area (Å²) >= 11 is 0. The molecule has 3 amide bonds. The highest BCUT2D eigenvalue weighted by Crippen LogP contribution is 2.29. The van der Waals surface area contributed by atoms with Gasteiger partial charge < -0.3 is 5.32 Å². The van der Waals surface area contributed by atoms with Gasteiger partial charge in [-0.2, -0.15) is 0 Å². The number of carbonyl (C=O) groups excluding carboxylic acids is 3. The van der Waals surface area contributed by atoms with Crippen molar-refractivity contribution in [3.63, 3.8) is 0 Å². The molecule has 1 aliphatic carbocycles. The van der Waals surface area contributed by atoms with Gasteiger partial charge in [-0.1, -0.05) is 42.5 Å². The highest BCUT2D eigenvalue weighted by atomic mass is 16.2. The molecule has 0 bridgehead atoms. The maximum absolute atomic E-state index is 12.9. The fraction of sp³-hybridized carbons (Fsp3) is 0.286. The SMILES string of the molecule is C[C@]1(c2ccccc2)NC(=O)N(CC(=O)c2ccc3c(c2)CCC3)C1=O. The van der Waals surface area contributed by atoms with E-state index in [9.17, 15) is 14.4 Å². The van der Waals surface area contributed by atoms with E-state index in [0.29, 0.717) is 11.1 Å². The lowest BCUT2D eigenvalue weighted by molar-refractivity contribution is -0.130. The van der Waals surface area contributed by atoms with Crippen molar-refractivity contribution in [2.75, 3.05) is 6.54 Å². The molecule has 1 N–H and O–H groups in total. The average Bonchev–Trinajstić information content (AvgIpc) is 3.20. The van der Waals surface area contributed by atoms with Gasteiger partial charge in [0, 0.05) is 5.56 Å². The Labute approximate surface area is 152 Å². The summed E-state index contributed by atoms with van der Waals surface area (Å²) in [4.78, 5) is 38.9. The number of nitrogens with zero attached hydrogens (tertiary/aromatic N) is 1. The molecule has 132 valence electrons. The van der Waals surface area contributed by atoms with Gasteiger partial charge in [0.1, 0.15) is 5.54 Å². The second kappa shape index (κ2) is 6.09. The fourth-order valence-corrected chi connectivity index (χ4v) is 3.79. The Morgan fingerprint density at radius 1 is 1.08 bits per heavy atom. The number of amides is 3. The summed E-state index contributed by atoms with van der Waals surface area (Å²) in [5, 5.41) is 2.73. The van der Waals surface area contributed by atoms with Gasteiger partial charge in [-0.3, -0.25) is 14.5 Å². The molecule has 1 heterocycles. The van der Waals surface area contributed by atoms with Crippen molar-refractivity contribution < 1.29 is 14.4 Å². The first-order valence-electron chi connectivity index (χ1n) is 8.84. The maximum atomic E-state index is 12.9. The number of imide groups is 1. The van der Waals surface area contributed by atoms with Crippen LogP contribution in [0.2, 0.25) is 0 Å². The number of rotatable bonds is 4. The predicted octanol–water partition coefficient (Wildman–Crippen LogP) is 2.83. The van der Waals surface area contributed by atoms with E-state index in [1.807, 2.05) is 30.3 Å². The average molecular weight is 348 g/mol. The van der Waals surface area contributed by atoms with Gasteiger partial charge in [0.05, 0.1) is 6.54 Å². The molecule has 0 radical (unpaired) electrons. The summed E-state index contributed by atoms with van der Waals surface area (Å²) in [6.45, 7) is 1.42. The molecule has 0 aromatic heterocycles. The van der Waals surface area contributed by atoms with Crippen LogP contribution in [0.3, 0.4) is 0 Å². The van der Waals surface area contributed by atoms with Crippen LogP contribution in [0.25, 0.3) is 0 Å². The quantitative estimate of drug-likeness (QED) is 0.682. The lowest BCUT2D eigenvalue weighted by Gasteiger charge is -2.22. The number of nitrogens with one attached hydrogen (secondary N) is 1. The van der Waals surface area contributed by atoms with Crippen molar-refractivity contribution in [1.29, 1.82) is 0 Å². The van der Waals surface area contributed by atoms with Crippen LogP contribution < -0.4 is 5.32 Å².